The van der Waals surface area contributed by atoms with Crippen molar-refractivity contribution in [2.24, 2.45) is 5.73 Å². The Hall–Kier alpha value is -3.17. The Morgan fingerprint density at radius 2 is 1.47 bits per heavy atom. The Morgan fingerprint density at radius 3 is 2.02 bits per heavy atom. The van der Waals surface area contributed by atoms with Crippen LogP contribution in [0.1, 0.15) is 22.8 Å². The number of imidazole rings is 1. The van der Waals surface area contributed by atoms with Gasteiger partial charge in [-0.1, -0.05) is 0 Å². The molecule has 2 fully saturated rings. The van der Waals surface area contributed by atoms with E-state index < -0.39 is 100 Å². The van der Waals surface area contributed by atoms with Crippen LogP contribution in [0.2, 0.25) is 0 Å². The number of carbonyl (C=O) groups excluding carboxylic acids is 1. The van der Waals surface area contributed by atoms with Crippen LogP contribution in [0.4, 0.5) is 5.82 Å². The molecule has 10 N–H and O–H groups in total. The van der Waals surface area contributed by atoms with Gasteiger partial charge in [0.25, 0.3) is 11.5 Å². The van der Waals surface area contributed by atoms with Crippen LogP contribution in [0.5, 0.6) is 0 Å². The van der Waals surface area contributed by atoms with Crippen LogP contribution >= 0.6 is 15.2 Å². The van der Waals surface area contributed by atoms with Gasteiger partial charge in [-0.2, -0.15) is 0 Å². The summed E-state index contributed by atoms with van der Waals surface area (Å²) in [6, 6.07) is 2.42. The van der Waals surface area contributed by atoms with Crippen molar-refractivity contribution in [3.05, 3.63) is 46.9 Å². The minimum atomic E-state index is -4.94. The van der Waals surface area contributed by atoms with E-state index in [0.29, 0.717) is 0 Å². The largest absolute Gasteiger partial charge is 0.387 e. The molecule has 0 aromatic carbocycles. The maximum Gasteiger partial charge on any atom is 0.340 e. The Morgan fingerprint density at radius 1 is 0.911 bits per heavy atom. The highest BCUT2D eigenvalue weighted by Gasteiger charge is 2.47. The molecule has 2 aliphatic rings. The van der Waals surface area contributed by atoms with Gasteiger partial charge in [-0.25, -0.2) is 15.0 Å². The molecule has 0 aliphatic carbocycles. The number of amides is 1. The van der Waals surface area contributed by atoms with Gasteiger partial charge >= 0.3 is 15.2 Å². The van der Waals surface area contributed by atoms with E-state index in [4.69, 9.17) is 30.0 Å². The van der Waals surface area contributed by atoms with E-state index in [0.717, 1.165) is 23.2 Å². The van der Waals surface area contributed by atoms with E-state index in [1.165, 1.54) is 17.0 Å². The van der Waals surface area contributed by atoms with Gasteiger partial charge in [-0.05, 0) is 12.1 Å². The maximum atomic E-state index is 12.6. The molecule has 21 nitrogen and oxygen atoms in total. The third kappa shape index (κ3) is 6.70. The zero-order valence-corrected chi connectivity index (χ0v) is 24.7. The summed E-state index contributed by atoms with van der Waals surface area (Å²) in [6.45, 7) is -1.68. The fourth-order valence-electron chi connectivity index (χ4n) is 4.83. The first-order chi connectivity index (χ1) is 21.1. The van der Waals surface area contributed by atoms with Crippen LogP contribution in [0.15, 0.2) is 35.8 Å². The van der Waals surface area contributed by atoms with Gasteiger partial charge in [-0.3, -0.25) is 27.9 Å². The number of fused-ring (bicyclic) bond motifs is 1. The number of aliphatic hydroxyl groups is 4. The van der Waals surface area contributed by atoms with Crippen molar-refractivity contribution in [2.75, 3.05) is 24.9 Å². The molecule has 1 amide bonds. The zero-order chi connectivity index (χ0) is 32.8. The number of aromatic nitrogens is 5. The molecule has 5 rings (SSSR count). The van der Waals surface area contributed by atoms with Gasteiger partial charge in [0, 0.05) is 6.20 Å². The van der Waals surface area contributed by atoms with Gasteiger partial charge in [0.1, 0.15) is 54.0 Å². The van der Waals surface area contributed by atoms with Crippen molar-refractivity contribution in [1.82, 2.24) is 24.1 Å². The first kappa shape index (κ1) is 33.2. The topological polar surface area (TPSA) is 327 Å². The average Bonchev–Trinajstić information content (AvgIpc) is 3.61. The number of hydrogen-bond donors (Lipinski definition) is 8. The van der Waals surface area contributed by atoms with E-state index >= 15 is 0 Å². The molecule has 2 saturated heterocycles. The fraction of sp³-hybridized carbons (Fsp3) is 0.500. The van der Waals surface area contributed by atoms with Crippen molar-refractivity contribution < 1.29 is 62.7 Å². The highest BCUT2D eigenvalue weighted by Crippen LogP contribution is 2.58. The molecule has 2 aliphatic heterocycles. The van der Waals surface area contributed by atoms with E-state index in [9.17, 15) is 48.9 Å². The summed E-state index contributed by atoms with van der Waals surface area (Å²) in [6.07, 6.45) is -8.80. The molecule has 23 heteroatoms. The molecule has 3 aromatic rings. The number of pyridine rings is 1. The third-order valence-electron chi connectivity index (χ3n) is 7.09. The third-order valence-corrected chi connectivity index (χ3v) is 11.1. The van der Waals surface area contributed by atoms with Crippen LogP contribution in [-0.2, 0) is 27.7 Å². The predicted molar refractivity (Wildman–Crippen MR) is 147 cm³/mol. The van der Waals surface area contributed by atoms with E-state index in [-0.39, 0.29) is 17.0 Å². The Balaban J connectivity index is 1.17. The Kier molecular flexibility index (Phi) is 9.26. The second-order valence-corrected chi connectivity index (χ2v) is 14.4. The number of anilines is 1. The number of rotatable bonds is 11. The molecule has 0 spiro atoms. The van der Waals surface area contributed by atoms with Crippen LogP contribution < -0.4 is 17.0 Å². The van der Waals surface area contributed by atoms with Crippen LogP contribution in [-0.4, -0.2) is 116 Å². The lowest BCUT2D eigenvalue weighted by Crippen LogP contribution is -2.37. The Bertz CT molecular complexity index is 1740. The SMILES string of the molecule is NC(=O)c1cccn([C@@H]2O[C@H](COP(=O)(O)CP(=O)(O)OC[C@H]3O[C@@H](n4cnc5c(N)ncnc54)[C@H](O)[C@@H]3O)[C@@H](O)[C@H]2O)c1=O. The highest BCUT2D eigenvalue weighted by molar-refractivity contribution is 7.70. The number of primary amides is 1. The van der Waals surface area contributed by atoms with Crippen molar-refractivity contribution in [1.29, 1.82) is 0 Å². The summed E-state index contributed by atoms with van der Waals surface area (Å²) in [5.41, 5.74) is 9.94. The zero-order valence-electron chi connectivity index (χ0n) is 22.9. The lowest BCUT2D eigenvalue weighted by atomic mass is 10.1. The second-order valence-electron chi connectivity index (χ2n) is 10.2. The first-order valence-electron chi connectivity index (χ1n) is 13.0. The summed E-state index contributed by atoms with van der Waals surface area (Å²) >= 11 is 0. The van der Waals surface area contributed by atoms with Crippen LogP contribution in [0.25, 0.3) is 11.2 Å². The summed E-state index contributed by atoms with van der Waals surface area (Å²) in [5.74, 6) is -2.43. The highest BCUT2D eigenvalue weighted by atomic mass is 31.2. The molecule has 0 bridgehead atoms. The van der Waals surface area contributed by atoms with Crippen molar-refractivity contribution in [2.45, 2.75) is 49.1 Å². The van der Waals surface area contributed by atoms with Gasteiger partial charge in [0.15, 0.2) is 29.8 Å². The molecule has 3 aromatic heterocycles. The van der Waals surface area contributed by atoms with Gasteiger partial charge in [-0.15, -0.1) is 0 Å². The summed E-state index contributed by atoms with van der Waals surface area (Å²) in [7, 11) is -9.86. The number of aliphatic hydroxyl groups excluding tert-OH is 4. The van der Waals surface area contributed by atoms with E-state index in [2.05, 4.69) is 15.0 Å². The summed E-state index contributed by atoms with van der Waals surface area (Å²) < 4.78 is 48.1. The lowest BCUT2D eigenvalue weighted by Gasteiger charge is -2.21. The maximum absolute atomic E-state index is 12.6. The van der Waals surface area contributed by atoms with Gasteiger partial charge in [0.2, 0.25) is 0 Å². The van der Waals surface area contributed by atoms with Gasteiger partial charge in [0.05, 0.1) is 19.5 Å². The number of ether oxygens (including phenoxy) is 2. The standard InChI is InChI=1S/C22H29N7O14P2/c23-17-12-19(26-6-25-17)29(7-27-12)22-16(33)14(31)11(43-22)5-41-45(38,39)8-44(36,37)40-4-10-13(30)15(32)21(42-10)28-3-1-2-9(18(24)34)20(28)35/h1-3,6-7,10-11,13-16,21-22,30-33H,4-5,8H2,(H2,24,34)(H,36,37)(H,38,39)(H2,23,25,26)/t10-,11-,13-,14-,15-,16-,21-,22-/m1/s1. The number of hydrogen-bond acceptors (Lipinski definition) is 16. The molecular formula is C22H29N7O14P2. The molecule has 0 radical (unpaired) electrons. The fourth-order valence-corrected chi connectivity index (χ4v) is 8.05. The quantitative estimate of drug-likeness (QED) is 0.0935. The number of nitrogens with two attached hydrogens (primary N) is 2. The normalized spacial score (nSPS) is 31.2. The molecule has 246 valence electrons. The monoisotopic (exact) mass is 677 g/mol. The molecule has 10 atom stereocenters. The van der Waals surface area contributed by atoms with Crippen LogP contribution in [0.3, 0.4) is 0 Å². The van der Waals surface area contributed by atoms with Crippen LogP contribution in [0, 0.1) is 0 Å². The lowest BCUT2D eigenvalue weighted by molar-refractivity contribution is -0.0520. The van der Waals surface area contributed by atoms with E-state index in [1.54, 1.807) is 0 Å². The molecule has 45 heavy (non-hydrogen) atoms. The minimum absolute atomic E-state index is 0.0546. The average molecular weight is 677 g/mol. The molecule has 5 heterocycles. The van der Waals surface area contributed by atoms with Crippen molar-refractivity contribution >= 4 is 38.1 Å². The molecule has 2 unspecified atom stereocenters. The summed E-state index contributed by atoms with van der Waals surface area (Å²) in [5, 5.41) is 41.7. The van der Waals surface area contributed by atoms with Gasteiger partial charge < -0.3 is 60.2 Å². The smallest absolute Gasteiger partial charge is 0.340 e. The Labute approximate surface area is 251 Å². The number of nitrogen functional groups attached to an aromatic ring is 1. The number of carbonyl (C=O) groups is 1. The predicted octanol–water partition coefficient (Wildman–Crippen LogP) is -3.03. The summed E-state index contributed by atoms with van der Waals surface area (Å²) in [4.78, 5) is 56.3. The molecule has 0 saturated carbocycles. The number of nitrogens with zero attached hydrogens (tertiary/aromatic N) is 5. The van der Waals surface area contributed by atoms with Crippen molar-refractivity contribution in [3.63, 3.8) is 0 Å². The molecular weight excluding hydrogens is 648 g/mol. The second kappa shape index (κ2) is 12.6. The van der Waals surface area contributed by atoms with E-state index in [1.807, 2.05) is 0 Å². The minimum Gasteiger partial charge on any atom is -0.387 e. The van der Waals surface area contributed by atoms with Crippen molar-refractivity contribution in [3.8, 4) is 0 Å². The first-order valence-corrected chi connectivity index (χ1v) is 16.5.